The number of hydrogen-bond donors (Lipinski definition) is 0. The normalized spacial score (nSPS) is 23.4. The average molecular weight is 332 g/mol. The zero-order chi connectivity index (χ0) is 16.4. The molecule has 0 bridgehead atoms. The first-order chi connectivity index (χ1) is 10.3. The molecule has 1 aliphatic heterocycles. The lowest BCUT2D eigenvalue weighted by Gasteiger charge is -2.39. The first-order valence-corrected chi connectivity index (χ1v) is 8.78. The van der Waals surface area contributed by atoms with Crippen LogP contribution < -0.4 is 0 Å². The molecule has 0 spiro atoms. The fraction of sp³-hybridized carbons (Fsp3) is 0.438. The van der Waals surface area contributed by atoms with Gasteiger partial charge in [0.1, 0.15) is 0 Å². The van der Waals surface area contributed by atoms with E-state index < -0.39 is 21.8 Å². The quantitative estimate of drug-likeness (QED) is 0.639. The Morgan fingerprint density at radius 3 is 2.50 bits per heavy atom. The van der Waals surface area contributed by atoms with Crippen LogP contribution in [0.5, 0.6) is 0 Å². The zero-order valence-electron chi connectivity index (χ0n) is 12.6. The van der Waals surface area contributed by atoms with Crippen LogP contribution in [-0.2, 0) is 8.98 Å². The molecule has 22 heavy (non-hydrogen) atoms. The van der Waals surface area contributed by atoms with E-state index in [2.05, 4.69) is 0 Å². The van der Waals surface area contributed by atoms with Crippen molar-refractivity contribution in [2.24, 2.45) is 0 Å². The monoisotopic (exact) mass is 332 g/mol. The Morgan fingerprint density at radius 1 is 1.23 bits per heavy atom. The smallest absolute Gasteiger partial charge is 0.399 e. The summed E-state index contributed by atoms with van der Waals surface area (Å²) in [6.07, 6.45) is 4.27. The Morgan fingerprint density at radius 2 is 1.91 bits per heavy atom. The Hall–Kier alpha value is -1.43. The number of allylic oxidation sites excluding steroid dienone is 1. The number of benzene rings is 1. The Labute approximate surface area is 129 Å². The van der Waals surface area contributed by atoms with Gasteiger partial charge in [0.2, 0.25) is 0 Å². The molecule has 122 valence electrons. The molecule has 1 unspecified atom stereocenters. The van der Waals surface area contributed by atoms with Gasteiger partial charge in [-0.25, -0.2) is 0 Å². The van der Waals surface area contributed by atoms with Crippen LogP contribution in [-0.4, -0.2) is 11.5 Å². The molecule has 2 rings (SSSR count). The second kappa shape index (κ2) is 6.36. The first kappa shape index (κ1) is 16.9. The highest BCUT2D eigenvalue weighted by Crippen LogP contribution is 2.77. The van der Waals surface area contributed by atoms with Gasteiger partial charge in [0, 0.05) is 16.7 Å². The minimum Gasteiger partial charge on any atom is -0.399 e. The fourth-order valence-electron chi connectivity index (χ4n) is 2.62. The summed E-state index contributed by atoms with van der Waals surface area (Å²) in [7, 11) is -3.75. The SMILES string of the molecule is CCCCCC1=Cc2ccccc2S1(OC(C)=O)C(F)(F)F. The zero-order valence-corrected chi connectivity index (χ0v) is 13.4. The largest absolute Gasteiger partial charge is 0.464 e. The molecule has 1 atom stereocenters. The summed E-state index contributed by atoms with van der Waals surface area (Å²) >= 11 is 0. The molecule has 0 fully saturated rings. The number of unbranched alkanes of at least 4 members (excludes halogenated alkanes) is 2. The van der Waals surface area contributed by atoms with Gasteiger partial charge in [-0.15, -0.1) is 0 Å². The molecule has 0 aromatic heterocycles. The third-order valence-electron chi connectivity index (χ3n) is 3.51. The number of alkyl halides is 3. The van der Waals surface area contributed by atoms with Crippen LogP contribution >= 0.6 is 10.3 Å². The van der Waals surface area contributed by atoms with Crippen molar-refractivity contribution in [2.75, 3.05) is 0 Å². The Kier molecular flexibility index (Phi) is 4.90. The lowest BCUT2D eigenvalue weighted by atomic mass is 10.1. The van der Waals surface area contributed by atoms with E-state index in [1.807, 2.05) is 6.92 Å². The highest BCUT2D eigenvalue weighted by Gasteiger charge is 2.59. The van der Waals surface area contributed by atoms with Crippen molar-refractivity contribution in [3.63, 3.8) is 0 Å². The van der Waals surface area contributed by atoms with Gasteiger partial charge in [-0.1, -0.05) is 38.0 Å². The summed E-state index contributed by atoms with van der Waals surface area (Å²) in [5.41, 5.74) is -4.11. The topological polar surface area (TPSA) is 26.3 Å². The molecule has 6 heteroatoms. The number of hydrogen-bond acceptors (Lipinski definition) is 2. The van der Waals surface area contributed by atoms with E-state index in [1.165, 1.54) is 6.07 Å². The van der Waals surface area contributed by atoms with E-state index in [9.17, 15) is 18.0 Å². The van der Waals surface area contributed by atoms with Crippen molar-refractivity contribution in [3.05, 3.63) is 34.7 Å². The van der Waals surface area contributed by atoms with Crippen molar-refractivity contribution in [1.29, 1.82) is 0 Å². The maximum atomic E-state index is 13.9. The Bertz CT molecular complexity index is 595. The molecule has 0 aliphatic carbocycles. The van der Waals surface area contributed by atoms with Crippen molar-refractivity contribution >= 4 is 22.4 Å². The van der Waals surface area contributed by atoms with Crippen LogP contribution in [0.25, 0.3) is 6.08 Å². The Balaban J connectivity index is 2.53. The summed E-state index contributed by atoms with van der Waals surface area (Å²) in [5, 5.41) is 0. The summed E-state index contributed by atoms with van der Waals surface area (Å²) in [5.74, 6) is -0.898. The summed E-state index contributed by atoms with van der Waals surface area (Å²) < 4.78 is 46.8. The molecule has 2 nitrogen and oxygen atoms in total. The first-order valence-electron chi connectivity index (χ1n) is 7.22. The molecule has 1 aromatic rings. The average Bonchev–Trinajstić information content (AvgIpc) is 2.73. The second-order valence-corrected chi connectivity index (χ2v) is 7.89. The number of rotatable bonds is 5. The standard InChI is InChI=1S/C16H19F3O2S/c1-3-4-5-9-14-11-13-8-6-7-10-15(13)22(14,16(17,18)19)21-12(2)20/h6-8,10-11H,3-5,9H2,1-2H3. The van der Waals surface area contributed by atoms with E-state index in [0.717, 1.165) is 19.8 Å². The molecule has 0 N–H and O–H groups in total. The van der Waals surface area contributed by atoms with Crippen molar-refractivity contribution in [1.82, 2.24) is 0 Å². The predicted molar refractivity (Wildman–Crippen MR) is 82.2 cm³/mol. The van der Waals surface area contributed by atoms with Gasteiger partial charge < -0.3 is 4.18 Å². The van der Waals surface area contributed by atoms with Gasteiger partial charge in [-0.3, -0.25) is 4.79 Å². The molecule has 0 radical (unpaired) electrons. The van der Waals surface area contributed by atoms with Crippen LogP contribution in [0.4, 0.5) is 13.2 Å². The van der Waals surface area contributed by atoms with E-state index in [4.69, 9.17) is 4.18 Å². The molecule has 0 saturated heterocycles. The van der Waals surface area contributed by atoms with E-state index in [-0.39, 0.29) is 9.80 Å². The molecule has 1 aliphatic rings. The van der Waals surface area contributed by atoms with Gasteiger partial charge in [0.25, 0.3) is 0 Å². The summed E-state index contributed by atoms with van der Waals surface area (Å²) in [4.78, 5) is 11.7. The molecular weight excluding hydrogens is 313 g/mol. The molecular formula is C16H19F3O2S. The van der Waals surface area contributed by atoms with Crippen LogP contribution in [0, 0.1) is 0 Å². The van der Waals surface area contributed by atoms with E-state index in [1.54, 1.807) is 24.3 Å². The maximum absolute atomic E-state index is 13.9. The summed E-state index contributed by atoms with van der Waals surface area (Å²) in [6.45, 7) is 3.03. The lowest BCUT2D eigenvalue weighted by Crippen LogP contribution is -2.25. The number of halogens is 3. The van der Waals surface area contributed by atoms with Gasteiger partial charge in [-0.2, -0.15) is 13.2 Å². The maximum Gasteiger partial charge on any atom is 0.464 e. The molecule has 0 saturated carbocycles. The van der Waals surface area contributed by atoms with E-state index in [0.29, 0.717) is 18.4 Å². The van der Waals surface area contributed by atoms with Gasteiger partial charge >= 0.3 is 11.5 Å². The predicted octanol–water partition coefficient (Wildman–Crippen LogP) is 5.78. The third kappa shape index (κ3) is 2.89. The molecule has 0 amide bonds. The highest BCUT2D eigenvalue weighted by molar-refractivity contribution is 8.34. The van der Waals surface area contributed by atoms with Crippen LogP contribution in [0.1, 0.15) is 45.1 Å². The van der Waals surface area contributed by atoms with E-state index >= 15 is 0 Å². The van der Waals surface area contributed by atoms with Gasteiger partial charge in [0.05, 0.1) is 10.3 Å². The number of carbonyl (C=O) groups excluding carboxylic acids is 1. The van der Waals surface area contributed by atoms with Crippen molar-refractivity contribution in [2.45, 2.75) is 49.9 Å². The van der Waals surface area contributed by atoms with Crippen LogP contribution in [0.15, 0.2) is 34.1 Å². The fourth-order valence-corrected chi connectivity index (χ4v) is 5.55. The van der Waals surface area contributed by atoms with Crippen LogP contribution in [0.2, 0.25) is 0 Å². The van der Waals surface area contributed by atoms with Gasteiger partial charge in [0.15, 0.2) is 0 Å². The van der Waals surface area contributed by atoms with Gasteiger partial charge in [-0.05, 0) is 30.5 Å². The van der Waals surface area contributed by atoms with Crippen molar-refractivity contribution < 1.29 is 22.1 Å². The summed E-state index contributed by atoms with van der Waals surface area (Å²) in [6, 6.07) is 6.31. The highest BCUT2D eigenvalue weighted by atomic mass is 32.3. The van der Waals surface area contributed by atoms with Crippen molar-refractivity contribution in [3.8, 4) is 0 Å². The second-order valence-electron chi connectivity index (χ2n) is 5.18. The number of carbonyl (C=O) groups is 1. The molecule has 1 heterocycles. The minimum absolute atomic E-state index is 0.0872. The molecule has 1 aromatic carbocycles. The lowest BCUT2D eigenvalue weighted by molar-refractivity contribution is -0.132. The third-order valence-corrected chi connectivity index (χ3v) is 6.70. The minimum atomic E-state index is -4.61. The van der Waals surface area contributed by atoms with Crippen LogP contribution in [0.3, 0.4) is 0 Å². The number of fused-ring (bicyclic) bond motifs is 1.